The van der Waals surface area contributed by atoms with Gasteiger partial charge in [0.1, 0.15) is 18.3 Å². The molecule has 2 aliphatic heterocycles. The van der Waals surface area contributed by atoms with Crippen LogP contribution in [-0.2, 0) is 11.3 Å². The zero-order valence-electron chi connectivity index (χ0n) is 21.2. The molecule has 36 heavy (non-hydrogen) atoms. The minimum absolute atomic E-state index is 0.00160. The molecule has 4 rings (SSSR count). The number of likely N-dealkylation sites (N-methyl/N-ethyl adjacent to an activating group) is 1. The first-order valence-corrected chi connectivity index (χ1v) is 12.0. The Hall–Kier alpha value is -3.32. The average Bonchev–Trinajstić information content (AvgIpc) is 3.34. The van der Waals surface area contributed by atoms with Crippen LogP contribution >= 0.6 is 0 Å². The van der Waals surface area contributed by atoms with Crippen molar-refractivity contribution in [2.45, 2.75) is 32.5 Å². The molecule has 0 saturated carbocycles. The van der Waals surface area contributed by atoms with Gasteiger partial charge in [-0.1, -0.05) is 24.8 Å². The van der Waals surface area contributed by atoms with E-state index >= 15 is 0 Å². The number of pyridine rings is 1. The number of hydrogen-bond acceptors (Lipinski definition) is 8. The Morgan fingerprint density at radius 2 is 2.11 bits per heavy atom. The summed E-state index contributed by atoms with van der Waals surface area (Å²) in [5.41, 5.74) is 2.04. The Bertz CT molecular complexity index is 1140. The standard InChI is InChI=1S/C27H33N3O6/c1-18-13-30(19(2)16-31)27(32)22-10-20(6-5-9-33-4)12-28-26(22)36-25(18)15-29(3)14-21-7-8-23-24(11-21)35-17-34-23/h7-8,10-12,18-19,25,31H,9,13-17H2,1-4H3/t18-,19+,25-/m1/s1. The Morgan fingerprint density at radius 3 is 2.89 bits per heavy atom. The predicted molar refractivity (Wildman–Crippen MR) is 133 cm³/mol. The van der Waals surface area contributed by atoms with E-state index in [9.17, 15) is 9.90 Å². The second kappa shape index (κ2) is 11.6. The highest BCUT2D eigenvalue weighted by atomic mass is 16.7. The number of rotatable bonds is 7. The summed E-state index contributed by atoms with van der Waals surface area (Å²) in [5.74, 6) is 7.42. The first kappa shape index (κ1) is 25.8. The Labute approximate surface area is 211 Å². The lowest BCUT2D eigenvalue weighted by molar-refractivity contribution is 0.0325. The van der Waals surface area contributed by atoms with Crippen molar-refractivity contribution in [1.82, 2.24) is 14.8 Å². The van der Waals surface area contributed by atoms with Gasteiger partial charge in [-0.2, -0.15) is 0 Å². The molecule has 1 amide bonds. The summed E-state index contributed by atoms with van der Waals surface area (Å²) in [4.78, 5) is 21.8. The summed E-state index contributed by atoms with van der Waals surface area (Å²) in [7, 11) is 3.60. The van der Waals surface area contributed by atoms with E-state index in [0.717, 1.165) is 17.1 Å². The highest BCUT2D eigenvalue weighted by Crippen LogP contribution is 2.33. The molecule has 3 atom stereocenters. The van der Waals surface area contributed by atoms with Gasteiger partial charge in [-0.25, -0.2) is 4.98 Å². The Morgan fingerprint density at radius 1 is 1.31 bits per heavy atom. The number of methoxy groups -OCH3 is 1. The highest BCUT2D eigenvalue weighted by molar-refractivity contribution is 5.97. The number of aromatic nitrogens is 1. The molecule has 0 saturated heterocycles. The number of ether oxygens (including phenoxy) is 4. The van der Waals surface area contributed by atoms with Gasteiger partial charge >= 0.3 is 0 Å². The molecular weight excluding hydrogens is 462 g/mol. The average molecular weight is 496 g/mol. The van der Waals surface area contributed by atoms with E-state index in [1.165, 1.54) is 0 Å². The fourth-order valence-electron chi connectivity index (χ4n) is 4.32. The highest BCUT2D eigenvalue weighted by Gasteiger charge is 2.34. The lowest BCUT2D eigenvalue weighted by Crippen LogP contribution is -2.49. The Kier molecular flexibility index (Phi) is 8.31. The van der Waals surface area contributed by atoms with Crippen molar-refractivity contribution in [3.8, 4) is 29.2 Å². The number of amides is 1. The fraction of sp³-hybridized carbons (Fsp3) is 0.481. The molecule has 9 heteroatoms. The number of carbonyl (C=O) groups is 1. The van der Waals surface area contributed by atoms with Crippen molar-refractivity contribution in [3.05, 3.63) is 47.2 Å². The maximum absolute atomic E-state index is 13.5. The molecule has 1 aromatic heterocycles. The minimum atomic E-state index is -0.346. The molecule has 3 heterocycles. The third kappa shape index (κ3) is 5.90. The molecular formula is C27H33N3O6. The van der Waals surface area contributed by atoms with E-state index in [1.807, 2.05) is 32.2 Å². The van der Waals surface area contributed by atoms with Crippen LogP contribution in [0.2, 0.25) is 0 Å². The van der Waals surface area contributed by atoms with E-state index in [-0.39, 0.29) is 49.9 Å². The molecule has 9 nitrogen and oxygen atoms in total. The van der Waals surface area contributed by atoms with Gasteiger partial charge in [-0.15, -0.1) is 0 Å². The monoisotopic (exact) mass is 495 g/mol. The number of aliphatic hydroxyl groups is 1. The second-order valence-corrected chi connectivity index (χ2v) is 9.32. The van der Waals surface area contributed by atoms with Crippen molar-refractivity contribution in [3.63, 3.8) is 0 Å². The summed E-state index contributed by atoms with van der Waals surface area (Å²) in [5, 5.41) is 9.84. The lowest BCUT2D eigenvalue weighted by Gasteiger charge is -2.37. The van der Waals surface area contributed by atoms with Crippen LogP contribution in [0.5, 0.6) is 17.4 Å². The van der Waals surface area contributed by atoms with Crippen molar-refractivity contribution < 1.29 is 28.8 Å². The van der Waals surface area contributed by atoms with Crippen molar-refractivity contribution in [2.75, 3.05) is 47.3 Å². The van der Waals surface area contributed by atoms with Crippen molar-refractivity contribution >= 4 is 5.91 Å². The zero-order chi connectivity index (χ0) is 25.7. The number of benzene rings is 1. The summed E-state index contributed by atoms with van der Waals surface area (Å²) in [6.45, 7) is 6.03. The normalized spacial score (nSPS) is 19.6. The third-order valence-corrected chi connectivity index (χ3v) is 6.35. The van der Waals surface area contributed by atoms with Crippen LogP contribution in [0.3, 0.4) is 0 Å². The van der Waals surface area contributed by atoms with E-state index in [2.05, 4.69) is 28.6 Å². The number of hydrogen-bond donors (Lipinski definition) is 1. The van der Waals surface area contributed by atoms with Crippen LogP contribution in [0.25, 0.3) is 0 Å². The molecule has 2 aromatic rings. The van der Waals surface area contributed by atoms with Gasteiger partial charge in [0.2, 0.25) is 12.7 Å². The molecule has 192 valence electrons. The van der Waals surface area contributed by atoms with Crippen molar-refractivity contribution in [2.24, 2.45) is 5.92 Å². The van der Waals surface area contributed by atoms with Gasteiger partial charge in [0, 0.05) is 44.4 Å². The van der Waals surface area contributed by atoms with Crippen LogP contribution in [0.4, 0.5) is 0 Å². The smallest absolute Gasteiger partial charge is 0.259 e. The predicted octanol–water partition coefficient (Wildman–Crippen LogP) is 2.16. The molecule has 2 aliphatic rings. The van der Waals surface area contributed by atoms with Crippen LogP contribution < -0.4 is 14.2 Å². The summed E-state index contributed by atoms with van der Waals surface area (Å²) < 4.78 is 22.3. The minimum Gasteiger partial charge on any atom is -0.472 e. The summed E-state index contributed by atoms with van der Waals surface area (Å²) in [6.07, 6.45) is 1.37. The van der Waals surface area contributed by atoms with Gasteiger partial charge in [0.15, 0.2) is 11.5 Å². The van der Waals surface area contributed by atoms with E-state index < -0.39 is 0 Å². The van der Waals surface area contributed by atoms with Gasteiger partial charge in [0.25, 0.3) is 5.91 Å². The van der Waals surface area contributed by atoms with Crippen LogP contribution in [0.1, 0.15) is 35.3 Å². The quantitative estimate of drug-likeness (QED) is 0.585. The summed E-state index contributed by atoms with van der Waals surface area (Å²) in [6, 6.07) is 7.30. The van der Waals surface area contributed by atoms with E-state index in [1.54, 1.807) is 24.3 Å². The maximum Gasteiger partial charge on any atom is 0.259 e. The van der Waals surface area contributed by atoms with E-state index in [0.29, 0.717) is 30.8 Å². The molecule has 0 spiro atoms. The van der Waals surface area contributed by atoms with Gasteiger partial charge < -0.3 is 29.0 Å². The number of nitrogens with zero attached hydrogens (tertiary/aromatic N) is 3. The zero-order valence-corrected chi connectivity index (χ0v) is 21.2. The van der Waals surface area contributed by atoms with Gasteiger partial charge in [0.05, 0.1) is 12.6 Å². The molecule has 0 unspecified atom stereocenters. The maximum atomic E-state index is 13.5. The van der Waals surface area contributed by atoms with Crippen LogP contribution in [0, 0.1) is 17.8 Å². The topological polar surface area (TPSA) is 93.6 Å². The number of carbonyl (C=O) groups excluding carboxylic acids is 1. The number of aliphatic hydroxyl groups excluding tert-OH is 1. The SMILES string of the molecule is COCC#Cc1cnc2c(c1)C(=O)N([C@@H](C)CO)C[C@@H](C)[C@@H](CN(C)Cc1ccc3c(c1)OCO3)O2. The second-order valence-electron chi connectivity index (χ2n) is 9.32. The van der Waals surface area contributed by atoms with Crippen LogP contribution in [0.15, 0.2) is 30.5 Å². The van der Waals surface area contributed by atoms with Gasteiger partial charge in [-0.05, 0) is 37.7 Å². The molecule has 0 aliphatic carbocycles. The third-order valence-electron chi connectivity index (χ3n) is 6.35. The largest absolute Gasteiger partial charge is 0.472 e. The fourth-order valence-corrected chi connectivity index (χ4v) is 4.32. The molecule has 1 N–H and O–H groups in total. The first-order chi connectivity index (χ1) is 17.4. The molecule has 0 fully saturated rings. The Balaban J connectivity index is 1.57. The summed E-state index contributed by atoms with van der Waals surface area (Å²) >= 11 is 0. The van der Waals surface area contributed by atoms with Crippen LogP contribution in [-0.4, -0.2) is 85.2 Å². The lowest BCUT2D eigenvalue weighted by atomic mass is 9.99. The van der Waals surface area contributed by atoms with E-state index in [4.69, 9.17) is 18.9 Å². The molecule has 1 aromatic carbocycles. The van der Waals surface area contributed by atoms with Gasteiger partial charge in [-0.3, -0.25) is 9.69 Å². The first-order valence-electron chi connectivity index (χ1n) is 12.0. The molecule has 0 bridgehead atoms. The molecule has 0 radical (unpaired) electrons. The number of fused-ring (bicyclic) bond motifs is 2. The van der Waals surface area contributed by atoms with Crippen molar-refractivity contribution in [1.29, 1.82) is 0 Å².